The largest absolute Gasteiger partial charge is 0.497 e. The molecule has 0 aliphatic carbocycles. The number of hydrogen-bond donors (Lipinski definition) is 1. The molecular formula is C14H14O3S. The maximum atomic E-state index is 10.8. The fourth-order valence-electron chi connectivity index (χ4n) is 1.68. The van der Waals surface area contributed by atoms with Crippen molar-refractivity contribution in [3.8, 4) is 5.75 Å². The molecule has 0 unspecified atom stereocenters. The Labute approximate surface area is 110 Å². The van der Waals surface area contributed by atoms with E-state index >= 15 is 0 Å². The number of thiophene rings is 1. The van der Waals surface area contributed by atoms with E-state index in [-0.39, 0.29) is 0 Å². The summed E-state index contributed by atoms with van der Waals surface area (Å²) < 4.78 is 5.10. The number of aromatic carboxylic acids is 1. The van der Waals surface area contributed by atoms with Crippen LogP contribution >= 0.6 is 11.3 Å². The van der Waals surface area contributed by atoms with Crippen LogP contribution < -0.4 is 4.74 Å². The van der Waals surface area contributed by atoms with E-state index in [0.29, 0.717) is 5.56 Å². The third kappa shape index (κ3) is 3.11. The Kier molecular flexibility index (Phi) is 3.99. The first-order chi connectivity index (χ1) is 8.69. The van der Waals surface area contributed by atoms with E-state index in [1.54, 1.807) is 18.6 Å². The van der Waals surface area contributed by atoms with Crippen molar-refractivity contribution in [3.63, 3.8) is 0 Å². The molecule has 0 amide bonds. The van der Waals surface area contributed by atoms with Gasteiger partial charge in [0.1, 0.15) is 5.75 Å². The lowest BCUT2D eigenvalue weighted by Gasteiger charge is -2.02. The van der Waals surface area contributed by atoms with E-state index < -0.39 is 5.97 Å². The Balaban J connectivity index is 1.95. The summed E-state index contributed by atoms with van der Waals surface area (Å²) in [5.41, 5.74) is 1.60. The van der Waals surface area contributed by atoms with Crippen LogP contribution in [-0.4, -0.2) is 18.2 Å². The van der Waals surface area contributed by atoms with E-state index in [0.717, 1.165) is 23.5 Å². The SMILES string of the molecule is COc1ccc(CCc2cc(C(=O)O)cs2)cc1. The van der Waals surface area contributed by atoms with Gasteiger partial charge < -0.3 is 9.84 Å². The highest BCUT2D eigenvalue weighted by molar-refractivity contribution is 7.10. The first-order valence-corrected chi connectivity index (χ1v) is 6.50. The average Bonchev–Trinajstić information content (AvgIpc) is 2.86. The molecule has 0 fully saturated rings. The van der Waals surface area contributed by atoms with E-state index in [2.05, 4.69) is 0 Å². The summed E-state index contributed by atoms with van der Waals surface area (Å²) in [6, 6.07) is 9.69. The second kappa shape index (κ2) is 5.69. The van der Waals surface area contributed by atoms with Crippen LogP contribution in [0.3, 0.4) is 0 Å². The van der Waals surface area contributed by atoms with Crippen LogP contribution in [0.2, 0.25) is 0 Å². The van der Waals surface area contributed by atoms with Crippen LogP contribution in [0.4, 0.5) is 0 Å². The van der Waals surface area contributed by atoms with Crippen LogP contribution in [-0.2, 0) is 12.8 Å². The van der Waals surface area contributed by atoms with Crippen molar-refractivity contribution in [1.82, 2.24) is 0 Å². The first kappa shape index (κ1) is 12.6. The molecular weight excluding hydrogens is 248 g/mol. The average molecular weight is 262 g/mol. The van der Waals surface area contributed by atoms with Crippen LogP contribution in [0.1, 0.15) is 20.8 Å². The minimum absolute atomic E-state index is 0.379. The van der Waals surface area contributed by atoms with Gasteiger partial charge >= 0.3 is 5.97 Å². The van der Waals surface area contributed by atoms with Crippen molar-refractivity contribution >= 4 is 17.3 Å². The molecule has 0 aliphatic heterocycles. The smallest absolute Gasteiger partial charge is 0.336 e. The van der Waals surface area contributed by atoms with Crippen LogP contribution in [0, 0.1) is 0 Å². The molecule has 0 saturated heterocycles. The molecule has 0 aliphatic rings. The topological polar surface area (TPSA) is 46.5 Å². The first-order valence-electron chi connectivity index (χ1n) is 5.62. The number of carboxylic acid groups (broad SMARTS) is 1. The number of carboxylic acids is 1. The highest BCUT2D eigenvalue weighted by atomic mass is 32.1. The van der Waals surface area contributed by atoms with Gasteiger partial charge in [-0.3, -0.25) is 0 Å². The molecule has 2 aromatic rings. The van der Waals surface area contributed by atoms with Crippen molar-refractivity contribution < 1.29 is 14.6 Å². The Morgan fingerprint density at radius 3 is 2.56 bits per heavy atom. The summed E-state index contributed by atoms with van der Waals surface area (Å²) in [6.07, 6.45) is 1.77. The van der Waals surface area contributed by atoms with Gasteiger partial charge in [-0.15, -0.1) is 11.3 Å². The molecule has 2 rings (SSSR count). The minimum Gasteiger partial charge on any atom is -0.497 e. The van der Waals surface area contributed by atoms with Crippen molar-refractivity contribution in [2.75, 3.05) is 7.11 Å². The highest BCUT2D eigenvalue weighted by Gasteiger charge is 2.06. The third-order valence-corrected chi connectivity index (χ3v) is 3.72. The Morgan fingerprint density at radius 1 is 1.28 bits per heavy atom. The van der Waals surface area contributed by atoms with E-state index in [9.17, 15) is 4.79 Å². The van der Waals surface area contributed by atoms with E-state index in [4.69, 9.17) is 9.84 Å². The fourth-order valence-corrected chi connectivity index (χ4v) is 2.55. The maximum absolute atomic E-state index is 10.8. The van der Waals surface area contributed by atoms with Crippen molar-refractivity contribution in [2.24, 2.45) is 0 Å². The van der Waals surface area contributed by atoms with Gasteiger partial charge in [0.2, 0.25) is 0 Å². The minimum atomic E-state index is -0.859. The lowest BCUT2D eigenvalue weighted by atomic mass is 10.1. The lowest BCUT2D eigenvalue weighted by molar-refractivity contribution is 0.0697. The molecule has 1 heterocycles. The molecule has 0 bridgehead atoms. The summed E-state index contributed by atoms with van der Waals surface area (Å²) in [5, 5.41) is 10.5. The van der Waals surface area contributed by atoms with Gasteiger partial charge in [-0.05, 0) is 36.6 Å². The quantitative estimate of drug-likeness (QED) is 0.899. The standard InChI is InChI=1S/C14H14O3S/c1-17-12-5-2-10(3-6-12)4-7-13-8-11(9-18-13)14(15)16/h2-3,5-6,8-9H,4,7H2,1H3,(H,15,16). The van der Waals surface area contributed by atoms with Crippen molar-refractivity contribution in [2.45, 2.75) is 12.8 Å². The maximum Gasteiger partial charge on any atom is 0.336 e. The zero-order chi connectivity index (χ0) is 13.0. The molecule has 0 spiro atoms. The monoisotopic (exact) mass is 262 g/mol. The fraction of sp³-hybridized carbons (Fsp3) is 0.214. The summed E-state index contributed by atoms with van der Waals surface area (Å²) in [5.74, 6) is -0.00927. The zero-order valence-corrected chi connectivity index (χ0v) is 10.9. The normalized spacial score (nSPS) is 10.3. The van der Waals surface area contributed by atoms with Crippen LogP contribution in [0.5, 0.6) is 5.75 Å². The molecule has 1 N–H and O–H groups in total. The molecule has 0 saturated carbocycles. The molecule has 3 nitrogen and oxygen atoms in total. The number of ether oxygens (including phenoxy) is 1. The van der Waals surface area contributed by atoms with E-state index in [1.165, 1.54) is 16.9 Å². The predicted molar refractivity (Wildman–Crippen MR) is 71.7 cm³/mol. The number of benzene rings is 1. The second-order valence-corrected chi connectivity index (χ2v) is 4.95. The number of hydrogen-bond acceptors (Lipinski definition) is 3. The molecule has 4 heteroatoms. The van der Waals surface area contributed by atoms with Gasteiger partial charge in [0.15, 0.2) is 0 Å². The van der Waals surface area contributed by atoms with Crippen LogP contribution in [0.15, 0.2) is 35.7 Å². The number of rotatable bonds is 5. The summed E-state index contributed by atoms with van der Waals surface area (Å²) in [7, 11) is 1.65. The van der Waals surface area contributed by atoms with Gasteiger partial charge in [-0.2, -0.15) is 0 Å². The lowest BCUT2D eigenvalue weighted by Crippen LogP contribution is -1.93. The summed E-state index contributed by atoms with van der Waals surface area (Å²) >= 11 is 1.50. The Bertz CT molecular complexity index is 528. The number of methoxy groups -OCH3 is 1. The predicted octanol–water partition coefficient (Wildman–Crippen LogP) is 3.24. The van der Waals surface area contributed by atoms with Gasteiger partial charge in [-0.1, -0.05) is 12.1 Å². The molecule has 0 atom stereocenters. The van der Waals surface area contributed by atoms with E-state index in [1.807, 2.05) is 24.3 Å². The second-order valence-electron chi connectivity index (χ2n) is 3.95. The van der Waals surface area contributed by atoms with Crippen molar-refractivity contribution in [3.05, 3.63) is 51.7 Å². The molecule has 1 aromatic carbocycles. The third-order valence-electron chi connectivity index (χ3n) is 2.72. The van der Waals surface area contributed by atoms with Gasteiger partial charge in [0.25, 0.3) is 0 Å². The van der Waals surface area contributed by atoms with Gasteiger partial charge in [0.05, 0.1) is 12.7 Å². The molecule has 94 valence electrons. The molecule has 1 aromatic heterocycles. The summed E-state index contributed by atoms with van der Waals surface area (Å²) in [4.78, 5) is 11.9. The number of carbonyl (C=O) groups is 1. The highest BCUT2D eigenvalue weighted by Crippen LogP contribution is 2.18. The van der Waals surface area contributed by atoms with Crippen molar-refractivity contribution in [1.29, 1.82) is 0 Å². The van der Waals surface area contributed by atoms with Gasteiger partial charge in [-0.25, -0.2) is 4.79 Å². The number of aryl methyl sites for hydroxylation is 2. The molecule has 0 radical (unpaired) electrons. The summed E-state index contributed by atoms with van der Waals surface area (Å²) in [6.45, 7) is 0. The van der Waals surface area contributed by atoms with Crippen LogP contribution in [0.25, 0.3) is 0 Å². The molecule has 18 heavy (non-hydrogen) atoms. The van der Waals surface area contributed by atoms with Gasteiger partial charge in [0, 0.05) is 10.3 Å². The zero-order valence-electron chi connectivity index (χ0n) is 10.1. The Morgan fingerprint density at radius 2 is 2.00 bits per heavy atom. The Hall–Kier alpha value is -1.81.